The first kappa shape index (κ1) is 16.9. The average molecular weight is 376 g/mol. The van der Waals surface area contributed by atoms with Crippen LogP contribution in [0.15, 0.2) is 48.7 Å². The van der Waals surface area contributed by atoms with E-state index in [4.69, 9.17) is 0 Å². The van der Waals surface area contributed by atoms with Gasteiger partial charge in [0.2, 0.25) is 11.8 Å². The van der Waals surface area contributed by atoms with Gasteiger partial charge >= 0.3 is 6.03 Å². The van der Waals surface area contributed by atoms with Gasteiger partial charge in [-0.1, -0.05) is 18.2 Å². The third-order valence-electron chi connectivity index (χ3n) is 6.09. The Morgan fingerprint density at radius 3 is 2.57 bits per heavy atom. The Morgan fingerprint density at radius 2 is 1.86 bits per heavy atom. The lowest BCUT2D eigenvalue weighted by Gasteiger charge is -2.25. The highest BCUT2D eigenvalue weighted by Crippen LogP contribution is 2.52. The molecule has 2 aromatic rings. The van der Waals surface area contributed by atoms with Crippen LogP contribution < -0.4 is 10.6 Å². The minimum Gasteiger partial charge on any atom is -0.317 e. The van der Waals surface area contributed by atoms with Gasteiger partial charge in [0.25, 0.3) is 0 Å². The number of likely N-dealkylation sites (tertiary alicyclic amines) is 1. The quantitative estimate of drug-likeness (QED) is 0.636. The van der Waals surface area contributed by atoms with E-state index >= 15 is 0 Å². The van der Waals surface area contributed by atoms with Crippen molar-refractivity contribution in [1.82, 2.24) is 15.2 Å². The summed E-state index contributed by atoms with van der Waals surface area (Å²) in [6, 6.07) is 8.70. The summed E-state index contributed by atoms with van der Waals surface area (Å²) in [6.45, 7) is 1.66. The second kappa shape index (κ2) is 6.15. The van der Waals surface area contributed by atoms with Crippen LogP contribution in [0.1, 0.15) is 13.3 Å². The summed E-state index contributed by atoms with van der Waals surface area (Å²) in [5, 5.41) is 6.39. The molecule has 142 valence electrons. The highest BCUT2D eigenvalue weighted by Gasteiger charge is 2.60. The van der Waals surface area contributed by atoms with Crippen molar-refractivity contribution < 1.29 is 14.4 Å². The summed E-state index contributed by atoms with van der Waals surface area (Å²) in [7, 11) is 0. The van der Waals surface area contributed by atoms with Crippen LogP contribution in [0.2, 0.25) is 0 Å². The van der Waals surface area contributed by atoms with Crippen LogP contribution in [0.4, 0.5) is 10.5 Å². The van der Waals surface area contributed by atoms with Crippen molar-refractivity contribution in [3.63, 3.8) is 0 Å². The van der Waals surface area contributed by atoms with Crippen LogP contribution in [0, 0.1) is 23.7 Å². The molecule has 1 aromatic heterocycles. The summed E-state index contributed by atoms with van der Waals surface area (Å²) >= 11 is 0. The van der Waals surface area contributed by atoms with Crippen LogP contribution in [0.5, 0.6) is 0 Å². The van der Waals surface area contributed by atoms with Gasteiger partial charge in [-0.3, -0.25) is 19.5 Å². The van der Waals surface area contributed by atoms with Crippen molar-refractivity contribution in [2.75, 3.05) is 5.32 Å². The number of nitrogens with zero attached hydrogens (tertiary/aromatic N) is 2. The lowest BCUT2D eigenvalue weighted by Crippen LogP contribution is -2.51. The zero-order valence-corrected chi connectivity index (χ0v) is 15.3. The molecule has 2 aliphatic carbocycles. The van der Waals surface area contributed by atoms with Gasteiger partial charge in [-0.15, -0.1) is 0 Å². The molecule has 1 saturated carbocycles. The predicted octanol–water partition coefficient (Wildman–Crippen LogP) is 2.51. The molecule has 2 heterocycles. The zero-order chi connectivity index (χ0) is 19.4. The van der Waals surface area contributed by atoms with E-state index in [1.807, 2.05) is 24.3 Å². The van der Waals surface area contributed by atoms with E-state index in [0.717, 1.165) is 17.3 Å². The van der Waals surface area contributed by atoms with E-state index in [-0.39, 0.29) is 35.5 Å². The van der Waals surface area contributed by atoms with Gasteiger partial charge in [-0.05, 0) is 49.4 Å². The highest BCUT2D eigenvalue weighted by molar-refractivity contribution is 6.07. The SMILES string of the molecule is CC(NC(=O)Nc1ccc2ncccc2c1)N1C(=O)C2C3C=CC(C3)C2C1=O. The number of fused-ring (bicyclic) bond motifs is 6. The Morgan fingerprint density at radius 1 is 1.14 bits per heavy atom. The van der Waals surface area contributed by atoms with E-state index in [9.17, 15) is 14.4 Å². The van der Waals surface area contributed by atoms with Gasteiger partial charge in [0.1, 0.15) is 6.17 Å². The number of benzene rings is 1. The number of aromatic nitrogens is 1. The first-order chi connectivity index (χ1) is 13.5. The first-order valence-electron chi connectivity index (χ1n) is 9.50. The molecule has 2 fully saturated rings. The predicted molar refractivity (Wildman–Crippen MR) is 103 cm³/mol. The van der Waals surface area contributed by atoms with E-state index in [0.29, 0.717) is 5.69 Å². The lowest BCUT2D eigenvalue weighted by atomic mass is 9.85. The fourth-order valence-corrected chi connectivity index (χ4v) is 4.88. The molecule has 0 radical (unpaired) electrons. The molecular formula is C21H20N4O3. The second-order valence-corrected chi connectivity index (χ2v) is 7.73. The Kier molecular flexibility index (Phi) is 3.72. The number of hydrogen-bond acceptors (Lipinski definition) is 4. The molecule has 7 nitrogen and oxygen atoms in total. The summed E-state index contributed by atoms with van der Waals surface area (Å²) < 4.78 is 0. The van der Waals surface area contributed by atoms with E-state index in [1.165, 1.54) is 4.90 Å². The van der Waals surface area contributed by atoms with Crippen molar-refractivity contribution in [3.05, 3.63) is 48.7 Å². The highest BCUT2D eigenvalue weighted by atomic mass is 16.2. The molecule has 4 amide bonds. The van der Waals surface area contributed by atoms with E-state index in [2.05, 4.69) is 27.8 Å². The number of urea groups is 1. The Bertz CT molecular complexity index is 1000. The van der Waals surface area contributed by atoms with E-state index in [1.54, 1.807) is 19.2 Å². The standard InChI is InChI=1S/C21H20N4O3/c1-11(25-19(26)17-13-4-5-14(9-13)18(17)20(25)27)23-21(28)24-15-6-7-16-12(10-15)3-2-8-22-16/h2-8,10-11,13-14,17-18H,9H2,1H3,(H2,23,24,28). The number of hydrogen-bond donors (Lipinski definition) is 2. The van der Waals surface area contributed by atoms with Crippen LogP contribution in [0.25, 0.3) is 10.9 Å². The molecule has 28 heavy (non-hydrogen) atoms. The minimum absolute atomic E-state index is 0.156. The minimum atomic E-state index is -0.702. The molecule has 0 spiro atoms. The average Bonchev–Trinajstić information content (AvgIpc) is 3.35. The number of anilines is 1. The molecular weight excluding hydrogens is 356 g/mol. The number of amides is 4. The van der Waals surface area contributed by atoms with Crippen LogP contribution in [-0.4, -0.2) is 33.9 Å². The zero-order valence-electron chi connectivity index (χ0n) is 15.3. The molecule has 5 atom stereocenters. The molecule has 1 aromatic carbocycles. The third-order valence-corrected chi connectivity index (χ3v) is 6.09. The maximum atomic E-state index is 12.8. The van der Waals surface area contributed by atoms with Crippen molar-refractivity contribution in [2.24, 2.45) is 23.7 Å². The van der Waals surface area contributed by atoms with Crippen molar-refractivity contribution >= 4 is 34.4 Å². The monoisotopic (exact) mass is 376 g/mol. The molecule has 3 aliphatic rings. The number of allylic oxidation sites excluding steroid dienone is 2. The fraction of sp³-hybridized carbons (Fsp3) is 0.333. The number of imide groups is 1. The van der Waals surface area contributed by atoms with Crippen LogP contribution >= 0.6 is 0 Å². The number of carbonyl (C=O) groups excluding carboxylic acids is 3. The first-order valence-corrected chi connectivity index (χ1v) is 9.50. The van der Waals surface area contributed by atoms with Gasteiger partial charge in [0.15, 0.2) is 0 Å². The normalized spacial score (nSPS) is 28.7. The number of pyridine rings is 1. The topological polar surface area (TPSA) is 91.4 Å². The van der Waals surface area contributed by atoms with Crippen molar-refractivity contribution in [1.29, 1.82) is 0 Å². The summed E-state index contributed by atoms with van der Waals surface area (Å²) in [5.74, 6) is -0.550. The molecule has 5 rings (SSSR count). The van der Waals surface area contributed by atoms with Crippen molar-refractivity contribution in [2.45, 2.75) is 19.5 Å². The smallest absolute Gasteiger partial charge is 0.317 e. The Labute approximate surface area is 161 Å². The van der Waals surface area contributed by atoms with Gasteiger partial charge in [0, 0.05) is 17.3 Å². The van der Waals surface area contributed by atoms with Crippen LogP contribution in [-0.2, 0) is 9.59 Å². The largest absolute Gasteiger partial charge is 0.320 e. The number of rotatable bonds is 3. The molecule has 7 heteroatoms. The summed E-state index contributed by atoms with van der Waals surface area (Å²) in [6.07, 6.45) is 6.01. The Hall–Kier alpha value is -3.22. The maximum Gasteiger partial charge on any atom is 0.320 e. The molecule has 2 bridgehead atoms. The Balaban J connectivity index is 1.27. The number of carbonyl (C=O) groups is 3. The molecule has 2 N–H and O–H groups in total. The van der Waals surface area contributed by atoms with Gasteiger partial charge in [-0.2, -0.15) is 0 Å². The number of nitrogens with one attached hydrogen (secondary N) is 2. The third kappa shape index (κ3) is 2.50. The van der Waals surface area contributed by atoms with Crippen molar-refractivity contribution in [3.8, 4) is 0 Å². The van der Waals surface area contributed by atoms with E-state index < -0.39 is 12.2 Å². The maximum absolute atomic E-state index is 12.8. The second-order valence-electron chi connectivity index (χ2n) is 7.73. The van der Waals surface area contributed by atoms with Gasteiger partial charge in [-0.25, -0.2) is 4.79 Å². The fourth-order valence-electron chi connectivity index (χ4n) is 4.88. The van der Waals surface area contributed by atoms with Gasteiger partial charge < -0.3 is 10.6 Å². The molecule has 5 unspecified atom stereocenters. The van der Waals surface area contributed by atoms with Gasteiger partial charge in [0.05, 0.1) is 17.4 Å². The lowest BCUT2D eigenvalue weighted by molar-refractivity contribution is -0.143. The summed E-state index contributed by atoms with van der Waals surface area (Å²) in [5.41, 5.74) is 1.45. The van der Waals surface area contributed by atoms with Crippen LogP contribution in [0.3, 0.4) is 0 Å². The molecule has 1 aliphatic heterocycles. The summed E-state index contributed by atoms with van der Waals surface area (Å²) in [4.78, 5) is 43.5. The molecule has 1 saturated heterocycles.